The van der Waals surface area contributed by atoms with Crippen LogP contribution in [-0.2, 0) is 0 Å². The molecule has 0 atom stereocenters. The summed E-state index contributed by atoms with van der Waals surface area (Å²) in [7, 11) is 0. The van der Waals surface area contributed by atoms with Gasteiger partial charge in [0.1, 0.15) is 0 Å². The predicted molar refractivity (Wildman–Crippen MR) is 52.0 cm³/mol. The fourth-order valence-corrected chi connectivity index (χ4v) is 0.807. The second-order valence-corrected chi connectivity index (χ2v) is 2.46. The zero-order valence-corrected chi connectivity index (χ0v) is 7.61. The Labute approximate surface area is 84.7 Å². The largest absolute Gasteiger partial charge is 0.475 e. The van der Waals surface area contributed by atoms with Crippen LogP contribution in [0.15, 0.2) is 23.6 Å². The van der Waals surface area contributed by atoms with E-state index in [4.69, 9.17) is 10.6 Å². The Morgan fingerprint density at radius 3 is 2.80 bits per heavy atom. The van der Waals surface area contributed by atoms with Crippen LogP contribution in [0.25, 0.3) is 16.5 Å². The minimum absolute atomic E-state index is 0.233. The summed E-state index contributed by atoms with van der Waals surface area (Å²) in [6.07, 6.45) is 6.02. The lowest BCUT2D eigenvalue weighted by Gasteiger charge is -1.93. The first-order valence-corrected chi connectivity index (χ1v) is 3.97. The van der Waals surface area contributed by atoms with Crippen LogP contribution >= 0.6 is 0 Å². The van der Waals surface area contributed by atoms with Gasteiger partial charge in [-0.1, -0.05) is 17.3 Å². The second kappa shape index (κ2) is 5.36. The molecular formula is C8H7N5O2. The summed E-state index contributed by atoms with van der Waals surface area (Å²) in [5.41, 5.74) is 8.64. The Morgan fingerprint density at radius 2 is 2.27 bits per heavy atom. The summed E-state index contributed by atoms with van der Waals surface area (Å²) in [6, 6.07) is 0. The Bertz CT molecular complexity index is 419. The fourth-order valence-electron chi connectivity index (χ4n) is 0.807. The van der Waals surface area contributed by atoms with Crippen LogP contribution in [-0.4, -0.2) is 27.6 Å². The van der Waals surface area contributed by atoms with E-state index < -0.39 is 5.97 Å². The van der Waals surface area contributed by atoms with Crippen molar-refractivity contribution in [2.75, 3.05) is 6.54 Å². The minimum atomic E-state index is -1.17. The van der Waals surface area contributed by atoms with Gasteiger partial charge in [0.2, 0.25) is 5.82 Å². The van der Waals surface area contributed by atoms with Gasteiger partial charge in [-0.15, -0.1) is 0 Å². The fraction of sp³-hybridized carbons (Fsp3) is 0.125. The summed E-state index contributed by atoms with van der Waals surface area (Å²) in [6.45, 7) is 0.233. The Kier molecular flexibility index (Phi) is 3.81. The quantitative estimate of drug-likeness (QED) is 0.455. The molecule has 76 valence electrons. The van der Waals surface area contributed by atoms with Crippen LogP contribution in [0.1, 0.15) is 16.2 Å². The molecule has 15 heavy (non-hydrogen) atoms. The van der Waals surface area contributed by atoms with Gasteiger partial charge in [-0.05, 0) is 5.53 Å². The molecule has 1 N–H and O–H groups in total. The van der Waals surface area contributed by atoms with Gasteiger partial charge in [0.15, 0.2) is 0 Å². The van der Waals surface area contributed by atoms with E-state index in [9.17, 15) is 4.79 Å². The van der Waals surface area contributed by atoms with Crippen molar-refractivity contribution in [1.82, 2.24) is 9.97 Å². The SMILES string of the molecule is [N-]=[N+]=NCC=Cc1cnc(C(=O)O)nc1. The highest BCUT2D eigenvalue weighted by atomic mass is 16.4. The Balaban J connectivity index is 2.68. The first kappa shape index (κ1) is 10.7. The number of carbonyl (C=O) groups is 1. The van der Waals surface area contributed by atoms with E-state index in [1.807, 2.05) is 0 Å². The zero-order chi connectivity index (χ0) is 11.1. The summed E-state index contributed by atoms with van der Waals surface area (Å²) in [5.74, 6) is -1.41. The molecule has 7 nitrogen and oxygen atoms in total. The van der Waals surface area contributed by atoms with Crippen LogP contribution in [0.3, 0.4) is 0 Å². The third-order valence-corrected chi connectivity index (χ3v) is 1.42. The van der Waals surface area contributed by atoms with Gasteiger partial charge >= 0.3 is 5.97 Å². The van der Waals surface area contributed by atoms with Gasteiger partial charge in [-0.3, -0.25) is 0 Å². The van der Waals surface area contributed by atoms with Gasteiger partial charge in [-0.2, -0.15) is 0 Å². The van der Waals surface area contributed by atoms with Crippen molar-refractivity contribution in [3.63, 3.8) is 0 Å². The topological polar surface area (TPSA) is 112 Å². The number of hydrogen-bond donors (Lipinski definition) is 1. The van der Waals surface area contributed by atoms with E-state index in [2.05, 4.69) is 20.0 Å². The van der Waals surface area contributed by atoms with Crippen molar-refractivity contribution in [2.24, 2.45) is 5.11 Å². The minimum Gasteiger partial charge on any atom is -0.475 e. The molecule has 0 spiro atoms. The molecule has 0 aliphatic heterocycles. The first-order chi connectivity index (χ1) is 7.24. The van der Waals surface area contributed by atoms with Gasteiger partial charge < -0.3 is 5.11 Å². The van der Waals surface area contributed by atoms with Crippen molar-refractivity contribution in [3.8, 4) is 0 Å². The molecule has 0 aliphatic rings. The average molecular weight is 205 g/mol. The second-order valence-electron chi connectivity index (χ2n) is 2.46. The molecule has 0 aliphatic carbocycles. The first-order valence-electron chi connectivity index (χ1n) is 3.97. The summed E-state index contributed by atoms with van der Waals surface area (Å²) in [4.78, 5) is 20.2. The lowest BCUT2D eigenvalue weighted by atomic mass is 10.3. The van der Waals surface area contributed by atoms with Gasteiger partial charge in [0.25, 0.3) is 0 Å². The predicted octanol–water partition coefficient (Wildman–Crippen LogP) is 1.50. The third-order valence-electron chi connectivity index (χ3n) is 1.42. The summed E-state index contributed by atoms with van der Waals surface area (Å²) >= 11 is 0. The molecule has 7 heteroatoms. The number of carboxylic acid groups (broad SMARTS) is 1. The molecule has 1 rings (SSSR count). The molecular weight excluding hydrogens is 198 g/mol. The van der Waals surface area contributed by atoms with E-state index in [1.165, 1.54) is 12.4 Å². The number of rotatable bonds is 4. The van der Waals surface area contributed by atoms with E-state index in [0.717, 1.165) is 0 Å². The lowest BCUT2D eigenvalue weighted by molar-refractivity contribution is 0.0683. The van der Waals surface area contributed by atoms with Gasteiger partial charge in [0, 0.05) is 29.4 Å². The summed E-state index contributed by atoms with van der Waals surface area (Å²) < 4.78 is 0. The number of aromatic nitrogens is 2. The molecule has 0 amide bonds. The number of azide groups is 1. The van der Waals surface area contributed by atoms with Crippen LogP contribution in [0, 0.1) is 0 Å². The standard InChI is InChI=1S/C8H7N5O2/c9-13-12-3-1-2-6-4-10-7(8(14)15)11-5-6/h1-2,4-5H,3H2,(H,14,15). The number of nitrogens with zero attached hydrogens (tertiary/aromatic N) is 5. The van der Waals surface area contributed by atoms with E-state index in [1.54, 1.807) is 12.2 Å². The highest BCUT2D eigenvalue weighted by Crippen LogP contribution is 1.99. The highest BCUT2D eigenvalue weighted by Gasteiger charge is 2.03. The van der Waals surface area contributed by atoms with Crippen LogP contribution in [0.5, 0.6) is 0 Å². The third kappa shape index (κ3) is 3.45. The molecule has 0 saturated heterocycles. The van der Waals surface area contributed by atoms with Gasteiger partial charge in [-0.25, -0.2) is 14.8 Å². The number of aromatic carboxylic acids is 1. The average Bonchev–Trinajstić information content (AvgIpc) is 2.25. The molecule has 1 aromatic heterocycles. The van der Waals surface area contributed by atoms with Crippen molar-refractivity contribution >= 4 is 12.0 Å². The molecule has 0 unspecified atom stereocenters. The van der Waals surface area contributed by atoms with Crippen molar-refractivity contribution in [1.29, 1.82) is 0 Å². The van der Waals surface area contributed by atoms with E-state index in [-0.39, 0.29) is 12.4 Å². The molecule has 1 heterocycles. The normalized spacial score (nSPS) is 9.87. The molecule has 0 aromatic carbocycles. The molecule has 0 bridgehead atoms. The molecule has 1 aromatic rings. The maximum Gasteiger partial charge on any atom is 0.373 e. The molecule has 0 radical (unpaired) electrons. The van der Waals surface area contributed by atoms with Gasteiger partial charge in [0.05, 0.1) is 0 Å². The van der Waals surface area contributed by atoms with Crippen LogP contribution in [0.4, 0.5) is 0 Å². The van der Waals surface area contributed by atoms with Crippen molar-refractivity contribution in [3.05, 3.63) is 40.3 Å². The Morgan fingerprint density at radius 1 is 1.60 bits per heavy atom. The lowest BCUT2D eigenvalue weighted by Crippen LogP contribution is -2.02. The smallest absolute Gasteiger partial charge is 0.373 e. The van der Waals surface area contributed by atoms with Crippen molar-refractivity contribution < 1.29 is 9.90 Å². The van der Waals surface area contributed by atoms with E-state index >= 15 is 0 Å². The monoisotopic (exact) mass is 205 g/mol. The molecule has 0 fully saturated rings. The zero-order valence-electron chi connectivity index (χ0n) is 7.61. The highest BCUT2D eigenvalue weighted by molar-refractivity contribution is 5.82. The number of carboxylic acids is 1. The van der Waals surface area contributed by atoms with Crippen molar-refractivity contribution in [2.45, 2.75) is 0 Å². The maximum atomic E-state index is 10.4. The Hall–Kier alpha value is -2.40. The number of hydrogen-bond acceptors (Lipinski definition) is 4. The maximum absolute atomic E-state index is 10.4. The van der Waals surface area contributed by atoms with Crippen LogP contribution < -0.4 is 0 Å². The summed E-state index contributed by atoms with van der Waals surface area (Å²) in [5, 5.41) is 11.8. The molecule has 0 saturated carbocycles. The van der Waals surface area contributed by atoms with E-state index in [0.29, 0.717) is 5.56 Å². The van der Waals surface area contributed by atoms with Crippen LogP contribution in [0.2, 0.25) is 0 Å².